The first kappa shape index (κ1) is 21.7. The van der Waals surface area contributed by atoms with Crippen LogP contribution in [0.3, 0.4) is 0 Å². The summed E-state index contributed by atoms with van der Waals surface area (Å²) in [5.74, 6) is 2.55. The van der Waals surface area contributed by atoms with Crippen LogP contribution in [0.2, 0.25) is 0 Å². The minimum atomic E-state index is 0.0749. The average molecular weight is 444 g/mol. The summed E-state index contributed by atoms with van der Waals surface area (Å²) in [4.78, 5) is 20.5. The van der Waals surface area contributed by atoms with Gasteiger partial charge in [0.05, 0.1) is 12.8 Å². The van der Waals surface area contributed by atoms with Crippen LogP contribution in [0.4, 0.5) is 0 Å². The number of ether oxygens (including phenoxy) is 1. The molecule has 5 nitrogen and oxygen atoms in total. The number of nitrogens with zero attached hydrogens (tertiary/aromatic N) is 3. The molecule has 1 aliphatic carbocycles. The van der Waals surface area contributed by atoms with Crippen molar-refractivity contribution in [3.05, 3.63) is 71.7 Å². The molecule has 33 heavy (non-hydrogen) atoms. The van der Waals surface area contributed by atoms with Gasteiger partial charge >= 0.3 is 0 Å². The van der Waals surface area contributed by atoms with Gasteiger partial charge in [-0.1, -0.05) is 43.5 Å². The number of aromatic nitrogens is 2. The molecule has 0 bridgehead atoms. The van der Waals surface area contributed by atoms with E-state index in [1.807, 2.05) is 29.2 Å². The lowest BCUT2D eigenvalue weighted by Gasteiger charge is -2.30. The van der Waals surface area contributed by atoms with Crippen molar-refractivity contribution in [3.8, 4) is 17.0 Å². The van der Waals surface area contributed by atoms with Crippen LogP contribution < -0.4 is 4.74 Å². The van der Waals surface area contributed by atoms with Crippen LogP contribution in [-0.2, 0) is 19.5 Å². The number of benzene rings is 2. The zero-order valence-corrected chi connectivity index (χ0v) is 19.5. The molecule has 0 atom stereocenters. The number of carbonyl (C=O) groups excluding carboxylic acids is 1. The SMILES string of the molecule is COc1cccc(C(=O)N(Cc2cccc(-c3cn4c(n3)CCC4)c2)CC2CCCCC2)c1. The molecule has 0 N–H and O–H groups in total. The van der Waals surface area contributed by atoms with Gasteiger partial charge in [0.15, 0.2) is 0 Å². The van der Waals surface area contributed by atoms with E-state index in [1.165, 1.54) is 44.3 Å². The molecule has 0 unspecified atom stereocenters. The summed E-state index contributed by atoms with van der Waals surface area (Å²) in [5.41, 5.74) is 3.99. The lowest BCUT2D eigenvalue weighted by Crippen LogP contribution is -2.35. The molecule has 2 heterocycles. The summed E-state index contributed by atoms with van der Waals surface area (Å²) in [7, 11) is 1.64. The van der Waals surface area contributed by atoms with Gasteiger partial charge in [0, 0.05) is 43.4 Å². The van der Waals surface area contributed by atoms with Crippen molar-refractivity contribution in [1.29, 1.82) is 0 Å². The molecule has 3 aromatic rings. The lowest BCUT2D eigenvalue weighted by molar-refractivity contribution is 0.0698. The van der Waals surface area contributed by atoms with Crippen molar-refractivity contribution in [3.63, 3.8) is 0 Å². The zero-order chi connectivity index (χ0) is 22.6. The highest BCUT2D eigenvalue weighted by Gasteiger charge is 2.23. The molecule has 172 valence electrons. The Kier molecular flexibility index (Phi) is 6.47. The molecule has 1 saturated carbocycles. The molecule has 1 aliphatic heterocycles. The van der Waals surface area contributed by atoms with E-state index in [-0.39, 0.29) is 5.91 Å². The van der Waals surface area contributed by atoms with Crippen LogP contribution in [0.25, 0.3) is 11.3 Å². The van der Waals surface area contributed by atoms with Crippen LogP contribution in [0.15, 0.2) is 54.7 Å². The van der Waals surface area contributed by atoms with Gasteiger partial charge in [0.1, 0.15) is 11.6 Å². The molecule has 0 spiro atoms. The predicted octanol–water partition coefficient (Wildman–Crippen LogP) is 5.73. The highest BCUT2D eigenvalue weighted by Crippen LogP contribution is 2.28. The van der Waals surface area contributed by atoms with Crippen molar-refractivity contribution < 1.29 is 9.53 Å². The Hall–Kier alpha value is -3.08. The number of methoxy groups -OCH3 is 1. The molecule has 0 radical (unpaired) electrons. The van der Waals surface area contributed by atoms with Gasteiger partial charge in [0.25, 0.3) is 5.91 Å². The predicted molar refractivity (Wildman–Crippen MR) is 130 cm³/mol. The van der Waals surface area contributed by atoms with Gasteiger partial charge < -0.3 is 14.2 Å². The third-order valence-electron chi connectivity index (χ3n) is 7.06. The van der Waals surface area contributed by atoms with Gasteiger partial charge in [-0.25, -0.2) is 4.98 Å². The second-order valence-corrected chi connectivity index (χ2v) is 9.46. The van der Waals surface area contributed by atoms with E-state index >= 15 is 0 Å². The number of carbonyl (C=O) groups is 1. The van der Waals surface area contributed by atoms with Crippen molar-refractivity contribution in [1.82, 2.24) is 14.5 Å². The Bertz CT molecular complexity index is 1090. The fourth-order valence-electron chi connectivity index (χ4n) is 5.28. The quantitative estimate of drug-likeness (QED) is 0.469. The third-order valence-corrected chi connectivity index (χ3v) is 7.06. The largest absolute Gasteiger partial charge is 0.497 e. The van der Waals surface area contributed by atoms with E-state index in [9.17, 15) is 4.79 Å². The molecule has 2 aliphatic rings. The Balaban J connectivity index is 1.39. The summed E-state index contributed by atoms with van der Waals surface area (Å²) < 4.78 is 7.63. The molecular weight excluding hydrogens is 410 g/mol. The van der Waals surface area contributed by atoms with E-state index in [0.717, 1.165) is 36.3 Å². The van der Waals surface area contributed by atoms with Gasteiger partial charge in [-0.3, -0.25) is 4.79 Å². The van der Waals surface area contributed by atoms with E-state index in [0.29, 0.717) is 23.8 Å². The Morgan fingerprint density at radius 2 is 1.94 bits per heavy atom. The number of hydrogen-bond acceptors (Lipinski definition) is 3. The molecule has 2 aromatic carbocycles. The number of hydrogen-bond donors (Lipinski definition) is 0. The van der Waals surface area contributed by atoms with Gasteiger partial charge in [0.2, 0.25) is 0 Å². The van der Waals surface area contributed by atoms with Gasteiger partial charge in [-0.05, 0) is 55.0 Å². The monoisotopic (exact) mass is 443 g/mol. The molecule has 0 saturated heterocycles. The first-order valence-electron chi connectivity index (χ1n) is 12.3. The molecule has 5 heteroatoms. The normalized spacial score (nSPS) is 15.9. The minimum Gasteiger partial charge on any atom is -0.497 e. The maximum Gasteiger partial charge on any atom is 0.254 e. The number of fused-ring (bicyclic) bond motifs is 1. The van der Waals surface area contributed by atoms with Crippen LogP contribution in [0.1, 0.15) is 60.3 Å². The highest BCUT2D eigenvalue weighted by molar-refractivity contribution is 5.94. The van der Waals surface area contributed by atoms with E-state index < -0.39 is 0 Å². The van der Waals surface area contributed by atoms with Gasteiger partial charge in [-0.15, -0.1) is 0 Å². The Morgan fingerprint density at radius 1 is 1.09 bits per heavy atom. The van der Waals surface area contributed by atoms with E-state index in [1.54, 1.807) is 7.11 Å². The van der Waals surface area contributed by atoms with Crippen molar-refractivity contribution in [2.75, 3.05) is 13.7 Å². The number of amides is 1. The summed E-state index contributed by atoms with van der Waals surface area (Å²) in [6.07, 6.45) is 10.7. The first-order valence-corrected chi connectivity index (χ1v) is 12.3. The topological polar surface area (TPSA) is 47.4 Å². The molecule has 1 aromatic heterocycles. The van der Waals surface area contributed by atoms with Gasteiger partial charge in [-0.2, -0.15) is 0 Å². The standard InChI is InChI=1S/C28H33N3O2/c1-33-25-13-6-12-24(17-25)28(32)31(18-21-8-3-2-4-9-21)19-22-10-5-11-23(16-22)26-20-30-15-7-14-27(30)29-26/h5-6,10-13,16-17,20-21H,2-4,7-9,14-15,18-19H2,1H3. The third kappa shape index (κ3) is 4.97. The Labute approximate surface area is 196 Å². The number of aryl methyl sites for hydroxylation is 2. The van der Waals surface area contributed by atoms with Crippen LogP contribution in [0, 0.1) is 5.92 Å². The van der Waals surface area contributed by atoms with Crippen molar-refractivity contribution in [2.45, 2.75) is 58.0 Å². The summed E-state index contributed by atoms with van der Waals surface area (Å²) >= 11 is 0. The summed E-state index contributed by atoms with van der Waals surface area (Å²) in [6.45, 7) is 2.47. The second-order valence-electron chi connectivity index (χ2n) is 9.46. The number of rotatable bonds is 7. The Morgan fingerprint density at radius 3 is 2.76 bits per heavy atom. The maximum absolute atomic E-state index is 13.6. The zero-order valence-electron chi connectivity index (χ0n) is 19.5. The fourth-order valence-corrected chi connectivity index (χ4v) is 5.28. The smallest absolute Gasteiger partial charge is 0.254 e. The average Bonchev–Trinajstić information content (AvgIpc) is 3.47. The molecule has 1 fully saturated rings. The van der Waals surface area contributed by atoms with Crippen LogP contribution >= 0.6 is 0 Å². The summed E-state index contributed by atoms with van der Waals surface area (Å²) in [6, 6.07) is 16.0. The van der Waals surface area contributed by atoms with Crippen LogP contribution in [-0.4, -0.2) is 34.0 Å². The van der Waals surface area contributed by atoms with E-state index in [2.05, 4.69) is 35.0 Å². The lowest BCUT2D eigenvalue weighted by atomic mass is 9.88. The minimum absolute atomic E-state index is 0.0749. The second kappa shape index (κ2) is 9.82. The van der Waals surface area contributed by atoms with Crippen LogP contribution in [0.5, 0.6) is 5.75 Å². The van der Waals surface area contributed by atoms with Crippen molar-refractivity contribution >= 4 is 5.91 Å². The van der Waals surface area contributed by atoms with E-state index in [4.69, 9.17) is 9.72 Å². The molecule has 1 amide bonds. The molecule has 5 rings (SSSR count). The van der Waals surface area contributed by atoms with Crippen molar-refractivity contribution in [2.24, 2.45) is 5.92 Å². The highest BCUT2D eigenvalue weighted by atomic mass is 16.5. The first-order chi connectivity index (χ1) is 16.2. The maximum atomic E-state index is 13.6. The summed E-state index contributed by atoms with van der Waals surface area (Å²) in [5, 5.41) is 0. The molecular formula is C28H33N3O2. The number of imidazole rings is 1. The fraction of sp³-hybridized carbons (Fsp3) is 0.429.